The van der Waals surface area contributed by atoms with E-state index in [9.17, 15) is 9.59 Å². The molecule has 32 heavy (non-hydrogen) atoms. The molecular weight excluding hydrogens is 406 g/mol. The molecule has 4 rings (SSSR count). The van der Waals surface area contributed by atoms with Crippen LogP contribution in [0.5, 0.6) is 11.5 Å². The van der Waals surface area contributed by atoms with E-state index in [0.29, 0.717) is 35.9 Å². The summed E-state index contributed by atoms with van der Waals surface area (Å²) in [4.78, 5) is 27.7. The zero-order chi connectivity index (χ0) is 22.3. The molecule has 0 spiro atoms. The van der Waals surface area contributed by atoms with Crippen molar-refractivity contribution < 1.29 is 19.1 Å². The molecule has 7 heteroatoms. The van der Waals surface area contributed by atoms with Crippen LogP contribution in [0.15, 0.2) is 42.5 Å². The van der Waals surface area contributed by atoms with Crippen LogP contribution in [-0.4, -0.2) is 42.6 Å². The number of rotatable bonds is 6. The Morgan fingerprint density at radius 1 is 1.09 bits per heavy atom. The number of carbonyl (C=O) groups is 2. The molecule has 0 radical (unpaired) electrons. The third-order valence-corrected chi connectivity index (χ3v) is 5.94. The zero-order valence-electron chi connectivity index (χ0n) is 18.6. The zero-order valence-corrected chi connectivity index (χ0v) is 18.6. The number of nitrogens with one attached hydrogen (secondary N) is 2. The van der Waals surface area contributed by atoms with Gasteiger partial charge in [0.1, 0.15) is 11.5 Å². The fraction of sp³-hybridized carbons (Fsp3) is 0.440. The maximum absolute atomic E-state index is 13.2. The highest BCUT2D eigenvalue weighted by Gasteiger charge is 2.31. The van der Waals surface area contributed by atoms with E-state index in [0.717, 1.165) is 50.8 Å². The molecule has 1 unspecified atom stereocenters. The van der Waals surface area contributed by atoms with Gasteiger partial charge in [0.25, 0.3) is 5.91 Å². The predicted molar refractivity (Wildman–Crippen MR) is 125 cm³/mol. The lowest BCUT2D eigenvalue weighted by Gasteiger charge is -2.37. The quantitative estimate of drug-likeness (QED) is 0.602. The normalized spacial score (nSPS) is 17.8. The number of ether oxygens (including phenoxy) is 2. The van der Waals surface area contributed by atoms with Crippen molar-refractivity contribution in [2.75, 3.05) is 30.4 Å². The van der Waals surface area contributed by atoms with Crippen LogP contribution in [0.2, 0.25) is 0 Å². The summed E-state index contributed by atoms with van der Waals surface area (Å²) in [5.41, 5.74) is 1.71. The van der Waals surface area contributed by atoms with Gasteiger partial charge in [0.05, 0.1) is 18.8 Å². The molecule has 2 aliphatic rings. The van der Waals surface area contributed by atoms with Gasteiger partial charge in [0, 0.05) is 30.4 Å². The standard InChI is InChI=1S/C25H31N3O4/c1-2-3-15-31-21-10-7-18(8-11-21)26-25(30)27-19-9-12-23-22(17-19)24(29)28-14-5-4-6-20(28)13-16-32-23/h7-12,17,20H,2-6,13-16H2,1H3,(H2,26,27,30). The summed E-state index contributed by atoms with van der Waals surface area (Å²) in [6.07, 6.45) is 6.15. The van der Waals surface area contributed by atoms with Crippen LogP contribution in [0, 0.1) is 0 Å². The van der Waals surface area contributed by atoms with Crippen molar-refractivity contribution in [1.29, 1.82) is 0 Å². The molecule has 2 heterocycles. The topological polar surface area (TPSA) is 79.9 Å². The van der Waals surface area contributed by atoms with Gasteiger partial charge >= 0.3 is 6.03 Å². The van der Waals surface area contributed by atoms with Gasteiger partial charge in [-0.25, -0.2) is 4.79 Å². The Morgan fingerprint density at radius 3 is 2.69 bits per heavy atom. The van der Waals surface area contributed by atoms with Crippen LogP contribution in [0.1, 0.15) is 55.8 Å². The third-order valence-electron chi connectivity index (χ3n) is 5.94. The van der Waals surface area contributed by atoms with Gasteiger partial charge < -0.3 is 25.0 Å². The molecule has 1 saturated heterocycles. The fourth-order valence-electron chi connectivity index (χ4n) is 4.19. The van der Waals surface area contributed by atoms with E-state index in [-0.39, 0.29) is 18.0 Å². The summed E-state index contributed by atoms with van der Waals surface area (Å²) in [6, 6.07) is 12.4. The monoisotopic (exact) mass is 437 g/mol. The van der Waals surface area contributed by atoms with E-state index in [1.54, 1.807) is 30.3 Å². The van der Waals surface area contributed by atoms with Gasteiger partial charge in [-0.15, -0.1) is 0 Å². The highest BCUT2D eigenvalue weighted by atomic mass is 16.5. The number of piperidine rings is 1. The molecular formula is C25H31N3O4. The molecule has 1 atom stereocenters. The summed E-state index contributed by atoms with van der Waals surface area (Å²) >= 11 is 0. The molecule has 0 saturated carbocycles. The van der Waals surface area contributed by atoms with E-state index < -0.39 is 0 Å². The number of urea groups is 1. The fourth-order valence-corrected chi connectivity index (χ4v) is 4.19. The first-order chi connectivity index (χ1) is 15.6. The van der Waals surface area contributed by atoms with Crippen LogP contribution >= 0.6 is 0 Å². The molecule has 0 bridgehead atoms. The van der Waals surface area contributed by atoms with E-state index in [4.69, 9.17) is 9.47 Å². The van der Waals surface area contributed by atoms with Crippen LogP contribution in [-0.2, 0) is 0 Å². The number of anilines is 2. The Kier molecular flexibility index (Phi) is 7.14. The smallest absolute Gasteiger partial charge is 0.323 e. The number of amides is 3. The summed E-state index contributed by atoms with van der Waals surface area (Å²) in [7, 11) is 0. The van der Waals surface area contributed by atoms with Crippen molar-refractivity contribution in [3.63, 3.8) is 0 Å². The van der Waals surface area contributed by atoms with Crippen LogP contribution in [0.3, 0.4) is 0 Å². The number of hydrogen-bond donors (Lipinski definition) is 2. The molecule has 2 aliphatic heterocycles. The second-order valence-electron chi connectivity index (χ2n) is 8.30. The molecule has 170 valence electrons. The minimum absolute atomic E-state index is 0.0212. The average molecular weight is 438 g/mol. The number of benzene rings is 2. The second kappa shape index (κ2) is 10.4. The SMILES string of the molecule is CCCCOc1ccc(NC(=O)Nc2ccc3c(c2)C(=O)N2CCCCC2CCO3)cc1. The second-order valence-corrected chi connectivity index (χ2v) is 8.30. The number of unbranched alkanes of at least 4 members (excludes halogenated alkanes) is 1. The number of carbonyl (C=O) groups excluding carboxylic acids is 2. The molecule has 2 aromatic rings. The average Bonchev–Trinajstić information content (AvgIpc) is 2.80. The minimum atomic E-state index is -0.375. The molecule has 1 fully saturated rings. The Bertz CT molecular complexity index is 945. The summed E-state index contributed by atoms with van der Waals surface area (Å²) in [5, 5.41) is 5.63. The Morgan fingerprint density at radius 2 is 1.88 bits per heavy atom. The number of fused-ring (bicyclic) bond motifs is 2. The predicted octanol–water partition coefficient (Wildman–Crippen LogP) is 5.29. The summed E-state index contributed by atoms with van der Waals surface area (Å²) in [6.45, 7) is 4.17. The Hall–Kier alpha value is -3.22. The third kappa shape index (κ3) is 5.33. The first-order valence-electron chi connectivity index (χ1n) is 11.5. The lowest BCUT2D eigenvalue weighted by molar-refractivity contribution is 0.0548. The number of hydrogen-bond acceptors (Lipinski definition) is 4. The van der Waals surface area contributed by atoms with Crippen LogP contribution in [0.4, 0.5) is 16.2 Å². The van der Waals surface area contributed by atoms with E-state index in [2.05, 4.69) is 17.6 Å². The van der Waals surface area contributed by atoms with Crippen molar-refractivity contribution in [2.24, 2.45) is 0 Å². The molecule has 0 aliphatic carbocycles. The van der Waals surface area contributed by atoms with E-state index >= 15 is 0 Å². The van der Waals surface area contributed by atoms with Crippen molar-refractivity contribution in [2.45, 2.75) is 51.5 Å². The minimum Gasteiger partial charge on any atom is -0.494 e. The van der Waals surface area contributed by atoms with E-state index in [1.165, 1.54) is 0 Å². The van der Waals surface area contributed by atoms with Gasteiger partial charge in [-0.2, -0.15) is 0 Å². The largest absolute Gasteiger partial charge is 0.494 e. The van der Waals surface area contributed by atoms with E-state index in [1.807, 2.05) is 17.0 Å². The summed E-state index contributed by atoms with van der Waals surface area (Å²) < 4.78 is 11.5. The maximum Gasteiger partial charge on any atom is 0.323 e. The summed E-state index contributed by atoms with van der Waals surface area (Å²) in [5.74, 6) is 1.33. The van der Waals surface area contributed by atoms with Gasteiger partial charge in [-0.05, 0) is 68.1 Å². The van der Waals surface area contributed by atoms with Gasteiger partial charge in [0.15, 0.2) is 0 Å². The first kappa shape index (κ1) is 22.0. The van der Waals surface area contributed by atoms with Gasteiger partial charge in [0.2, 0.25) is 0 Å². The lowest BCUT2D eigenvalue weighted by atomic mass is 9.97. The van der Waals surface area contributed by atoms with Crippen LogP contribution in [0.25, 0.3) is 0 Å². The molecule has 2 aromatic carbocycles. The number of nitrogens with zero attached hydrogens (tertiary/aromatic N) is 1. The van der Waals surface area contributed by atoms with Gasteiger partial charge in [-0.3, -0.25) is 4.79 Å². The van der Waals surface area contributed by atoms with Crippen molar-refractivity contribution in [3.05, 3.63) is 48.0 Å². The van der Waals surface area contributed by atoms with Crippen molar-refractivity contribution in [1.82, 2.24) is 4.90 Å². The first-order valence-corrected chi connectivity index (χ1v) is 11.5. The maximum atomic E-state index is 13.2. The van der Waals surface area contributed by atoms with Crippen molar-refractivity contribution >= 4 is 23.3 Å². The Labute approximate surface area is 189 Å². The molecule has 7 nitrogen and oxygen atoms in total. The lowest BCUT2D eigenvalue weighted by Crippen LogP contribution is -2.45. The highest BCUT2D eigenvalue weighted by molar-refractivity contribution is 6.02. The molecule has 3 amide bonds. The van der Waals surface area contributed by atoms with Gasteiger partial charge in [-0.1, -0.05) is 13.3 Å². The Balaban J connectivity index is 1.40. The highest BCUT2D eigenvalue weighted by Crippen LogP contribution is 2.31. The van der Waals surface area contributed by atoms with Crippen LogP contribution < -0.4 is 20.1 Å². The van der Waals surface area contributed by atoms with Crippen molar-refractivity contribution in [3.8, 4) is 11.5 Å². The molecule has 0 aromatic heterocycles. The molecule has 2 N–H and O–H groups in total.